The SMILES string of the molecule is CC(C)N(C)CCCCNC(=O)N1C[C@H]2CCCC[C@H]2C1. The third kappa shape index (κ3) is 4.87. The topological polar surface area (TPSA) is 35.6 Å². The van der Waals surface area contributed by atoms with Crippen molar-refractivity contribution in [2.75, 3.05) is 33.2 Å². The van der Waals surface area contributed by atoms with E-state index in [4.69, 9.17) is 0 Å². The number of fused-ring (bicyclic) bond motifs is 1. The van der Waals surface area contributed by atoms with E-state index in [1.807, 2.05) is 0 Å². The average Bonchev–Trinajstić information content (AvgIpc) is 2.90. The molecule has 2 amide bonds. The fourth-order valence-corrected chi connectivity index (χ4v) is 3.62. The van der Waals surface area contributed by atoms with Crippen LogP contribution in [0.4, 0.5) is 4.79 Å². The van der Waals surface area contributed by atoms with Crippen LogP contribution in [0.5, 0.6) is 0 Å². The van der Waals surface area contributed by atoms with E-state index in [0.29, 0.717) is 6.04 Å². The highest BCUT2D eigenvalue weighted by atomic mass is 16.2. The minimum absolute atomic E-state index is 0.168. The smallest absolute Gasteiger partial charge is 0.317 e. The van der Waals surface area contributed by atoms with Crippen LogP contribution in [0, 0.1) is 11.8 Å². The Labute approximate surface area is 130 Å². The maximum absolute atomic E-state index is 12.2. The summed E-state index contributed by atoms with van der Waals surface area (Å²) in [6.07, 6.45) is 7.61. The molecule has 0 aromatic carbocycles. The van der Waals surface area contributed by atoms with Crippen molar-refractivity contribution in [3.8, 4) is 0 Å². The van der Waals surface area contributed by atoms with E-state index in [9.17, 15) is 4.79 Å². The molecule has 1 N–H and O–H groups in total. The zero-order chi connectivity index (χ0) is 15.2. The van der Waals surface area contributed by atoms with Crippen molar-refractivity contribution in [3.63, 3.8) is 0 Å². The fraction of sp³-hybridized carbons (Fsp3) is 0.941. The van der Waals surface area contributed by atoms with Crippen LogP contribution >= 0.6 is 0 Å². The molecule has 1 heterocycles. The van der Waals surface area contributed by atoms with Crippen LogP contribution in [0.3, 0.4) is 0 Å². The quantitative estimate of drug-likeness (QED) is 0.765. The summed E-state index contributed by atoms with van der Waals surface area (Å²) in [5.74, 6) is 1.56. The van der Waals surface area contributed by atoms with Gasteiger partial charge in [0.25, 0.3) is 0 Å². The Morgan fingerprint density at radius 1 is 1.19 bits per heavy atom. The average molecular weight is 295 g/mol. The number of carbonyl (C=O) groups is 1. The van der Waals surface area contributed by atoms with Gasteiger partial charge in [-0.3, -0.25) is 0 Å². The van der Waals surface area contributed by atoms with Gasteiger partial charge >= 0.3 is 6.03 Å². The summed E-state index contributed by atoms with van der Waals surface area (Å²) >= 11 is 0. The summed E-state index contributed by atoms with van der Waals surface area (Å²) in [5, 5.41) is 3.11. The first-order valence-electron chi connectivity index (χ1n) is 8.81. The zero-order valence-corrected chi connectivity index (χ0v) is 14.1. The van der Waals surface area contributed by atoms with Gasteiger partial charge in [0.15, 0.2) is 0 Å². The van der Waals surface area contributed by atoms with E-state index in [0.717, 1.165) is 50.9 Å². The van der Waals surface area contributed by atoms with Crippen molar-refractivity contribution >= 4 is 6.03 Å². The number of hydrogen-bond acceptors (Lipinski definition) is 2. The van der Waals surface area contributed by atoms with Crippen LogP contribution in [-0.2, 0) is 0 Å². The molecule has 0 aromatic rings. The molecule has 1 aliphatic heterocycles. The first kappa shape index (κ1) is 16.6. The zero-order valence-electron chi connectivity index (χ0n) is 14.1. The molecule has 2 atom stereocenters. The number of amides is 2. The van der Waals surface area contributed by atoms with Gasteiger partial charge in [-0.2, -0.15) is 0 Å². The summed E-state index contributed by atoms with van der Waals surface area (Å²) in [7, 11) is 2.16. The number of hydrogen-bond donors (Lipinski definition) is 1. The molecule has 122 valence electrons. The number of unbranched alkanes of at least 4 members (excludes halogenated alkanes) is 1. The van der Waals surface area contributed by atoms with Gasteiger partial charge < -0.3 is 15.1 Å². The Morgan fingerprint density at radius 3 is 2.38 bits per heavy atom. The molecule has 2 fully saturated rings. The number of nitrogens with zero attached hydrogens (tertiary/aromatic N) is 2. The molecule has 2 aliphatic rings. The fourth-order valence-electron chi connectivity index (χ4n) is 3.62. The van der Waals surface area contributed by atoms with Gasteiger partial charge in [-0.1, -0.05) is 12.8 Å². The van der Waals surface area contributed by atoms with Gasteiger partial charge in [-0.25, -0.2) is 4.79 Å². The van der Waals surface area contributed by atoms with Gasteiger partial charge in [0.1, 0.15) is 0 Å². The Hall–Kier alpha value is -0.770. The molecule has 0 bridgehead atoms. The normalized spacial score (nSPS) is 25.5. The lowest BCUT2D eigenvalue weighted by Crippen LogP contribution is -2.39. The number of carbonyl (C=O) groups excluding carboxylic acids is 1. The second kappa shape index (κ2) is 8.02. The number of urea groups is 1. The number of likely N-dealkylation sites (tertiary alicyclic amines) is 1. The number of nitrogens with one attached hydrogen (secondary N) is 1. The highest BCUT2D eigenvalue weighted by Gasteiger charge is 2.36. The summed E-state index contributed by atoms with van der Waals surface area (Å²) < 4.78 is 0. The molecule has 0 radical (unpaired) electrons. The van der Waals surface area contributed by atoms with Crippen molar-refractivity contribution < 1.29 is 4.79 Å². The van der Waals surface area contributed by atoms with Crippen LogP contribution in [0.15, 0.2) is 0 Å². The molecular formula is C17H33N3O. The maximum Gasteiger partial charge on any atom is 0.317 e. The van der Waals surface area contributed by atoms with Crippen LogP contribution in [0.2, 0.25) is 0 Å². The van der Waals surface area contributed by atoms with Crippen LogP contribution < -0.4 is 5.32 Å². The monoisotopic (exact) mass is 295 g/mol. The summed E-state index contributed by atoms with van der Waals surface area (Å²) in [4.78, 5) is 16.6. The van der Waals surface area contributed by atoms with E-state index in [1.54, 1.807) is 0 Å². The molecule has 0 unspecified atom stereocenters. The van der Waals surface area contributed by atoms with Gasteiger partial charge in [-0.15, -0.1) is 0 Å². The molecule has 2 rings (SSSR count). The van der Waals surface area contributed by atoms with Gasteiger partial charge in [0.05, 0.1) is 0 Å². The highest BCUT2D eigenvalue weighted by molar-refractivity contribution is 5.74. The molecule has 21 heavy (non-hydrogen) atoms. The van der Waals surface area contributed by atoms with Gasteiger partial charge in [0, 0.05) is 25.7 Å². The molecule has 4 heteroatoms. The predicted molar refractivity (Wildman–Crippen MR) is 87.4 cm³/mol. The summed E-state index contributed by atoms with van der Waals surface area (Å²) in [5.41, 5.74) is 0. The third-order valence-corrected chi connectivity index (χ3v) is 5.36. The second-order valence-electron chi connectivity index (χ2n) is 7.22. The van der Waals surface area contributed by atoms with Crippen LogP contribution in [0.1, 0.15) is 52.4 Å². The number of rotatable bonds is 6. The molecular weight excluding hydrogens is 262 g/mol. The lowest BCUT2D eigenvalue weighted by atomic mass is 9.82. The third-order valence-electron chi connectivity index (χ3n) is 5.36. The van der Waals surface area contributed by atoms with Crippen molar-refractivity contribution in [2.24, 2.45) is 11.8 Å². The predicted octanol–water partition coefficient (Wildman–Crippen LogP) is 2.94. The molecule has 1 saturated heterocycles. The molecule has 0 aromatic heterocycles. The van der Waals surface area contributed by atoms with Crippen molar-refractivity contribution in [2.45, 2.75) is 58.4 Å². The van der Waals surface area contributed by atoms with Gasteiger partial charge in [0.2, 0.25) is 0 Å². The maximum atomic E-state index is 12.2. The Kier molecular flexibility index (Phi) is 6.34. The molecule has 0 spiro atoms. The van der Waals surface area contributed by atoms with E-state index < -0.39 is 0 Å². The van der Waals surface area contributed by atoms with E-state index >= 15 is 0 Å². The second-order valence-corrected chi connectivity index (χ2v) is 7.22. The standard InChI is InChI=1S/C17H33N3O/c1-14(2)19(3)11-7-6-10-18-17(21)20-12-15-8-4-5-9-16(15)13-20/h14-16H,4-13H2,1-3H3,(H,18,21)/t15-,16+. The highest BCUT2D eigenvalue weighted by Crippen LogP contribution is 2.35. The Morgan fingerprint density at radius 2 is 1.81 bits per heavy atom. The van der Waals surface area contributed by atoms with Crippen LogP contribution in [0.25, 0.3) is 0 Å². The van der Waals surface area contributed by atoms with E-state index in [2.05, 4.69) is 36.0 Å². The van der Waals surface area contributed by atoms with Crippen LogP contribution in [-0.4, -0.2) is 55.1 Å². The van der Waals surface area contributed by atoms with Gasteiger partial charge in [-0.05, 0) is 65.0 Å². The lowest BCUT2D eigenvalue weighted by molar-refractivity contribution is 0.205. The van der Waals surface area contributed by atoms with Crippen molar-refractivity contribution in [3.05, 3.63) is 0 Å². The summed E-state index contributed by atoms with van der Waals surface area (Å²) in [6.45, 7) is 8.35. The van der Waals surface area contributed by atoms with E-state index in [-0.39, 0.29) is 6.03 Å². The van der Waals surface area contributed by atoms with Crippen molar-refractivity contribution in [1.82, 2.24) is 15.1 Å². The lowest BCUT2D eigenvalue weighted by Gasteiger charge is -2.22. The minimum atomic E-state index is 0.168. The summed E-state index contributed by atoms with van der Waals surface area (Å²) in [6, 6.07) is 0.772. The molecule has 4 nitrogen and oxygen atoms in total. The Balaban J connectivity index is 1.58. The van der Waals surface area contributed by atoms with E-state index in [1.165, 1.54) is 25.7 Å². The molecule has 1 aliphatic carbocycles. The largest absolute Gasteiger partial charge is 0.338 e. The van der Waals surface area contributed by atoms with Crippen molar-refractivity contribution in [1.29, 1.82) is 0 Å². The first-order chi connectivity index (χ1) is 10.1. The molecule has 1 saturated carbocycles. The Bertz CT molecular complexity index is 318. The minimum Gasteiger partial charge on any atom is -0.338 e. The first-order valence-corrected chi connectivity index (χ1v) is 8.81.